The third-order valence-corrected chi connectivity index (χ3v) is 2.57. The Morgan fingerprint density at radius 1 is 1.35 bits per heavy atom. The highest BCUT2D eigenvalue weighted by atomic mass is 35.5. The molecule has 0 aliphatic carbocycles. The Balaban J connectivity index is 2.50. The van der Waals surface area contributed by atoms with Crippen LogP contribution < -0.4 is 10.5 Å². The van der Waals surface area contributed by atoms with Crippen molar-refractivity contribution in [3.63, 3.8) is 0 Å². The Labute approximate surface area is 103 Å². The number of nitrogens with zero attached hydrogens (tertiary/aromatic N) is 1. The molecular weight excluding hydrogens is 243 g/mol. The smallest absolute Gasteiger partial charge is 0.165 e. The third-order valence-electron chi connectivity index (χ3n) is 2.37. The van der Waals surface area contributed by atoms with Gasteiger partial charge in [0, 0.05) is 17.4 Å². The lowest BCUT2D eigenvalue weighted by atomic mass is 10.1. The minimum Gasteiger partial charge on any atom is -0.494 e. The molecule has 0 fully saturated rings. The standard InChI is InChI=1S/C12H10ClFN2O/c1-17-11-3-2-7(4-9(11)14)8-6-16-12(13)5-10(8)15/h2-6H,1H3,(H2,15,16). The summed E-state index contributed by atoms with van der Waals surface area (Å²) >= 11 is 5.70. The number of rotatable bonds is 2. The van der Waals surface area contributed by atoms with E-state index in [-0.39, 0.29) is 5.75 Å². The van der Waals surface area contributed by atoms with Crippen LogP contribution in [0.1, 0.15) is 0 Å². The van der Waals surface area contributed by atoms with E-state index >= 15 is 0 Å². The molecule has 88 valence electrons. The van der Waals surface area contributed by atoms with Gasteiger partial charge in [0.25, 0.3) is 0 Å². The molecule has 0 radical (unpaired) electrons. The first-order valence-electron chi connectivity index (χ1n) is 4.86. The van der Waals surface area contributed by atoms with Crippen molar-refractivity contribution in [1.82, 2.24) is 4.98 Å². The zero-order valence-corrected chi connectivity index (χ0v) is 9.83. The number of pyridine rings is 1. The maximum absolute atomic E-state index is 13.5. The molecule has 0 atom stereocenters. The van der Waals surface area contributed by atoms with Crippen LogP contribution in [0.25, 0.3) is 11.1 Å². The molecule has 2 N–H and O–H groups in total. The maximum Gasteiger partial charge on any atom is 0.165 e. The summed E-state index contributed by atoms with van der Waals surface area (Å²) in [5.74, 6) is -0.256. The number of halogens is 2. The summed E-state index contributed by atoms with van der Waals surface area (Å²) in [4.78, 5) is 3.92. The molecule has 0 bridgehead atoms. The zero-order chi connectivity index (χ0) is 12.4. The molecule has 2 rings (SSSR count). The molecule has 0 amide bonds. The maximum atomic E-state index is 13.5. The molecular formula is C12H10ClFN2O. The fourth-order valence-corrected chi connectivity index (χ4v) is 1.69. The van der Waals surface area contributed by atoms with Gasteiger partial charge in [-0.1, -0.05) is 17.7 Å². The van der Waals surface area contributed by atoms with Crippen LogP contribution in [-0.2, 0) is 0 Å². The van der Waals surface area contributed by atoms with Gasteiger partial charge in [-0.25, -0.2) is 9.37 Å². The monoisotopic (exact) mass is 252 g/mol. The van der Waals surface area contributed by atoms with Crippen molar-refractivity contribution in [2.45, 2.75) is 0 Å². The second kappa shape index (κ2) is 4.59. The van der Waals surface area contributed by atoms with Gasteiger partial charge in [-0.2, -0.15) is 0 Å². The number of anilines is 1. The molecule has 0 unspecified atom stereocenters. The number of nitrogens with two attached hydrogens (primary N) is 1. The summed E-state index contributed by atoms with van der Waals surface area (Å²) in [6.07, 6.45) is 1.51. The van der Waals surface area contributed by atoms with Gasteiger partial charge >= 0.3 is 0 Å². The summed E-state index contributed by atoms with van der Waals surface area (Å²) in [5.41, 5.74) is 7.51. The Morgan fingerprint density at radius 3 is 2.71 bits per heavy atom. The van der Waals surface area contributed by atoms with Crippen molar-refractivity contribution in [2.24, 2.45) is 0 Å². The number of aromatic nitrogens is 1. The van der Waals surface area contributed by atoms with Crippen molar-refractivity contribution in [3.8, 4) is 16.9 Å². The van der Waals surface area contributed by atoms with Gasteiger partial charge in [0.1, 0.15) is 5.15 Å². The summed E-state index contributed by atoms with van der Waals surface area (Å²) in [6, 6.07) is 6.13. The number of nitrogen functional groups attached to an aromatic ring is 1. The molecule has 2 aromatic rings. The highest BCUT2D eigenvalue weighted by molar-refractivity contribution is 6.29. The lowest BCUT2D eigenvalue weighted by molar-refractivity contribution is 0.386. The van der Waals surface area contributed by atoms with E-state index in [1.807, 2.05) is 0 Å². The van der Waals surface area contributed by atoms with Gasteiger partial charge in [0.05, 0.1) is 7.11 Å². The number of methoxy groups -OCH3 is 1. The minimum atomic E-state index is -0.445. The first-order chi connectivity index (χ1) is 8.11. The van der Waals surface area contributed by atoms with E-state index in [1.165, 1.54) is 25.4 Å². The first-order valence-corrected chi connectivity index (χ1v) is 5.24. The average Bonchev–Trinajstić information content (AvgIpc) is 2.29. The van der Waals surface area contributed by atoms with E-state index in [4.69, 9.17) is 22.1 Å². The molecule has 1 aromatic carbocycles. The van der Waals surface area contributed by atoms with E-state index in [9.17, 15) is 4.39 Å². The first kappa shape index (κ1) is 11.7. The van der Waals surface area contributed by atoms with E-state index < -0.39 is 5.82 Å². The van der Waals surface area contributed by atoms with Crippen molar-refractivity contribution in [3.05, 3.63) is 41.4 Å². The predicted molar refractivity (Wildman–Crippen MR) is 65.6 cm³/mol. The molecule has 0 aliphatic heterocycles. The van der Waals surface area contributed by atoms with Gasteiger partial charge in [-0.15, -0.1) is 0 Å². The Kier molecular flexibility index (Phi) is 3.15. The Morgan fingerprint density at radius 2 is 2.12 bits per heavy atom. The molecule has 1 aromatic heterocycles. The van der Waals surface area contributed by atoms with Gasteiger partial charge in [0.2, 0.25) is 0 Å². The van der Waals surface area contributed by atoms with Crippen LogP contribution in [0, 0.1) is 5.82 Å². The SMILES string of the molecule is COc1ccc(-c2cnc(Cl)cc2N)cc1F. The Hall–Kier alpha value is -1.81. The molecule has 5 heteroatoms. The Bertz CT molecular complexity index is 560. The third kappa shape index (κ3) is 2.31. The van der Waals surface area contributed by atoms with E-state index in [1.54, 1.807) is 12.1 Å². The number of hydrogen-bond donors (Lipinski definition) is 1. The quantitative estimate of drug-likeness (QED) is 0.836. The zero-order valence-electron chi connectivity index (χ0n) is 9.08. The van der Waals surface area contributed by atoms with Crippen LogP contribution in [0.15, 0.2) is 30.5 Å². The molecule has 0 spiro atoms. The van der Waals surface area contributed by atoms with E-state index in [0.717, 1.165) is 0 Å². The second-order valence-corrected chi connectivity index (χ2v) is 3.83. The number of benzene rings is 1. The lowest BCUT2D eigenvalue weighted by Gasteiger charge is -2.07. The normalized spacial score (nSPS) is 10.3. The fourth-order valence-electron chi connectivity index (χ4n) is 1.52. The predicted octanol–water partition coefficient (Wildman–Crippen LogP) is 3.13. The lowest BCUT2D eigenvalue weighted by Crippen LogP contribution is -1.93. The highest BCUT2D eigenvalue weighted by Gasteiger charge is 2.08. The van der Waals surface area contributed by atoms with Crippen molar-refractivity contribution >= 4 is 17.3 Å². The molecule has 0 saturated heterocycles. The number of hydrogen-bond acceptors (Lipinski definition) is 3. The minimum absolute atomic E-state index is 0.189. The molecule has 3 nitrogen and oxygen atoms in total. The molecule has 0 aliphatic rings. The van der Waals surface area contributed by atoms with Crippen LogP contribution in [0.3, 0.4) is 0 Å². The van der Waals surface area contributed by atoms with Gasteiger partial charge in [-0.3, -0.25) is 0 Å². The van der Waals surface area contributed by atoms with Crippen LogP contribution >= 0.6 is 11.6 Å². The fraction of sp³-hybridized carbons (Fsp3) is 0.0833. The topological polar surface area (TPSA) is 48.1 Å². The largest absolute Gasteiger partial charge is 0.494 e. The average molecular weight is 253 g/mol. The van der Waals surface area contributed by atoms with Crippen molar-refractivity contribution in [1.29, 1.82) is 0 Å². The van der Waals surface area contributed by atoms with Gasteiger partial charge < -0.3 is 10.5 Å². The number of ether oxygens (including phenoxy) is 1. The summed E-state index contributed by atoms with van der Waals surface area (Å²) < 4.78 is 18.4. The summed E-state index contributed by atoms with van der Waals surface area (Å²) in [7, 11) is 1.41. The van der Waals surface area contributed by atoms with E-state index in [0.29, 0.717) is 22.0 Å². The van der Waals surface area contributed by atoms with E-state index in [2.05, 4.69) is 4.98 Å². The molecule has 1 heterocycles. The van der Waals surface area contributed by atoms with Gasteiger partial charge in [0.15, 0.2) is 11.6 Å². The van der Waals surface area contributed by atoms with Crippen LogP contribution in [-0.4, -0.2) is 12.1 Å². The molecule has 0 saturated carbocycles. The van der Waals surface area contributed by atoms with Crippen LogP contribution in [0.4, 0.5) is 10.1 Å². The van der Waals surface area contributed by atoms with Gasteiger partial charge in [-0.05, 0) is 23.8 Å². The van der Waals surface area contributed by atoms with Crippen molar-refractivity contribution < 1.29 is 9.13 Å². The highest BCUT2D eigenvalue weighted by Crippen LogP contribution is 2.29. The van der Waals surface area contributed by atoms with Crippen LogP contribution in [0.2, 0.25) is 5.15 Å². The molecule has 17 heavy (non-hydrogen) atoms. The summed E-state index contributed by atoms with van der Waals surface area (Å²) in [5, 5.41) is 0.306. The summed E-state index contributed by atoms with van der Waals surface area (Å²) in [6.45, 7) is 0. The second-order valence-electron chi connectivity index (χ2n) is 3.44. The van der Waals surface area contributed by atoms with Crippen LogP contribution in [0.5, 0.6) is 5.75 Å². The van der Waals surface area contributed by atoms with Crippen molar-refractivity contribution in [2.75, 3.05) is 12.8 Å².